The fraction of sp³-hybridized carbons (Fsp3) is 0.455. The number of nitrogens with zero attached hydrogens (tertiary/aromatic N) is 1. The van der Waals surface area contributed by atoms with Crippen molar-refractivity contribution in [1.29, 1.82) is 0 Å². The summed E-state index contributed by atoms with van der Waals surface area (Å²) in [6, 6.07) is 7.15. The highest BCUT2D eigenvalue weighted by Crippen LogP contribution is 2.51. The number of ether oxygens (including phenoxy) is 2. The lowest BCUT2D eigenvalue weighted by Crippen LogP contribution is -2.60. The maximum absolute atomic E-state index is 13.8. The Morgan fingerprint density at radius 3 is 2.52 bits per heavy atom. The molecule has 3 saturated heterocycles. The molecule has 7 nitrogen and oxygen atoms in total. The zero-order chi connectivity index (χ0) is 22.3. The molecule has 4 heterocycles. The van der Waals surface area contributed by atoms with E-state index in [1.807, 2.05) is 18.4 Å². The molecule has 166 valence electrons. The second-order valence-electron chi connectivity index (χ2n) is 8.73. The number of morpholine rings is 1. The van der Waals surface area contributed by atoms with Crippen LogP contribution in [-0.4, -0.2) is 61.5 Å². The van der Waals surface area contributed by atoms with Gasteiger partial charge in [-0.1, -0.05) is 0 Å². The minimum atomic E-state index is -0.500. The number of fused-ring (bicyclic) bond motifs is 5. The molecule has 3 aliphatic rings. The van der Waals surface area contributed by atoms with Crippen molar-refractivity contribution in [2.45, 2.75) is 50.2 Å². The molecule has 0 radical (unpaired) electrons. The van der Waals surface area contributed by atoms with Gasteiger partial charge in [-0.25, -0.2) is 9.18 Å². The number of halogens is 1. The number of anilines is 1. The molecule has 9 heteroatoms. The molecule has 2 aromatic rings. The quantitative estimate of drug-likeness (QED) is 0.443. The minimum absolute atomic E-state index is 0.106. The molecule has 1 aromatic carbocycles. The topological polar surface area (TPSA) is 91.0 Å². The van der Waals surface area contributed by atoms with E-state index in [1.54, 1.807) is 6.07 Å². The largest absolute Gasteiger partial charge is 0.554 e. The van der Waals surface area contributed by atoms with Gasteiger partial charge >= 0.3 is 6.09 Å². The van der Waals surface area contributed by atoms with Crippen LogP contribution in [0, 0.1) is 12.7 Å². The van der Waals surface area contributed by atoms with Crippen LogP contribution in [0.3, 0.4) is 0 Å². The normalized spacial score (nSPS) is 29.2. The van der Waals surface area contributed by atoms with E-state index in [0.717, 1.165) is 27.8 Å². The third-order valence-electron chi connectivity index (χ3n) is 6.53. The highest BCUT2D eigenvalue weighted by Gasteiger charge is 2.70. The van der Waals surface area contributed by atoms with Gasteiger partial charge in [-0.2, -0.15) is 0 Å². The molecule has 0 saturated carbocycles. The summed E-state index contributed by atoms with van der Waals surface area (Å²) in [5, 5.41) is 13.1. The van der Waals surface area contributed by atoms with Crippen LogP contribution in [0.15, 0.2) is 29.6 Å². The number of piperidine rings is 1. The number of epoxide rings is 1. The molecule has 2 bridgehead atoms. The molecule has 3 fully saturated rings. The number of thiophene rings is 1. The van der Waals surface area contributed by atoms with Gasteiger partial charge in [-0.05, 0) is 42.1 Å². The van der Waals surface area contributed by atoms with Gasteiger partial charge in [-0.15, -0.1) is 11.3 Å². The number of hydrogen-bond acceptors (Lipinski definition) is 6. The van der Waals surface area contributed by atoms with Gasteiger partial charge in [0.15, 0.2) is 0 Å². The van der Waals surface area contributed by atoms with Crippen molar-refractivity contribution >= 4 is 29.6 Å². The Balaban J connectivity index is 0.000000730. The van der Waals surface area contributed by atoms with Gasteiger partial charge in [0.2, 0.25) is 0 Å². The highest BCUT2D eigenvalue weighted by atomic mass is 32.1. The number of aryl methyl sites for hydroxylation is 1. The fourth-order valence-electron chi connectivity index (χ4n) is 4.99. The zero-order valence-corrected chi connectivity index (χ0v) is 18.4. The SMILES string of the molecule is Cc1csc(-c2cc(F)ccc2NC(=O)OC2C[C@@H]3[C@@H]4O[C@@H]4[C@H](C2)[N+]3(C)C)c1.O=C[O-]. The molecule has 1 unspecified atom stereocenters. The van der Waals surface area contributed by atoms with E-state index in [4.69, 9.17) is 19.4 Å². The molecule has 1 amide bonds. The third kappa shape index (κ3) is 4.17. The molecule has 1 aromatic heterocycles. The van der Waals surface area contributed by atoms with Gasteiger partial charge in [0.25, 0.3) is 0 Å². The Kier molecular flexibility index (Phi) is 5.76. The van der Waals surface area contributed by atoms with Crippen molar-refractivity contribution in [1.82, 2.24) is 0 Å². The number of amides is 1. The standard InChI is InChI=1S/C21H23FN2O3S.CH2O2/c1-11-6-18(28-10-11)14-7-12(22)4-5-15(14)23-21(25)26-13-8-16-19-20(27-19)17(9-13)24(16,2)3;2-1-3/h4-7,10,13,16-17,19-20H,8-9H2,1-3H3;1H,(H,2,3)/t13?,16-,17+,19+,20-;. The average molecular weight is 449 g/mol. The lowest BCUT2D eigenvalue weighted by atomic mass is 9.96. The number of carbonyl (C=O) groups excluding carboxylic acids is 2. The second kappa shape index (κ2) is 8.22. The summed E-state index contributed by atoms with van der Waals surface area (Å²) in [6.07, 6.45) is 1.69. The minimum Gasteiger partial charge on any atom is -0.554 e. The Bertz CT molecular complexity index is 974. The van der Waals surface area contributed by atoms with Gasteiger partial charge in [0, 0.05) is 29.8 Å². The lowest BCUT2D eigenvalue weighted by molar-refractivity contribution is -0.938. The summed E-state index contributed by atoms with van der Waals surface area (Å²) in [5.41, 5.74) is 2.34. The van der Waals surface area contributed by atoms with Crippen LogP contribution in [0.4, 0.5) is 14.9 Å². The van der Waals surface area contributed by atoms with Crippen LogP contribution in [0.25, 0.3) is 10.4 Å². The second-order valence-corrected chi connectivity index (χ2v) is 9.64. The molecule has 31 heavy (non-hydrogen) atoms. The van der Waals surface area contributed by atoms with E-state index in [1.165, 1.54) is 23.5 Å². The number of likely N-dealkylation sites (N-methyl/N-ethyl adjacent to an activating group) is 1. The van der Waals surface area contributed by atoms with Gasteiger partial charge in [0.05, 0.1) is 19.8 Å². The first-order chi connectivity index (χ1) is 14.7. The Labute approximate surface area is 184 Å². The first-order valence-electron chi connectivity index (χ1n) is 10.1. The predicted molar refractivity (Wildman–Crippen MR) is 112 cm³/mol. The van der Waals surface area contributed by atoms with Gasteiger partial charge < -0.3 is 23.9 Å². The number of hydrogen-bond donors (Lipinski definition) is 1. The monoisotopic (exact) mass is 448 g/mol. The van der Waals surface area contributed by atoms with Gasteiger partial charge in [0.1, 0.15) is 36.2 Å². The van der Waals surface area contributed by atoms with Crippen LogP contribution in [0.2, 0.25) is 0 Å². The van der Waals surface area contributed by atoms with E-state index in [-0.39, 0.29) is 11.9 Å². The third-order valence-corrected chi connectivity index (χ3v) is 7.61. The summed E-state index contributed by atoms with van der Waals surface area (Å²) >= 11 is 1.53. The first-order valence-corrected chi connectivity index (χ1v) is 11.0. The molecule has 5 atom stereocenters. The first kappa shape index (κ1) is 21.7. The number of carboxylic acid groups (broad SMARTS) is 1. The summed E-state index contributed by atoms with van der Waals surface area (Å²) in [6.45, 7) is 1.49. The molecule has 3 aliphatic heterocycles. The smallest absolute Gasteiger partial charge is 0.411 e. The van der Waals surface area contributed by atoms with Crippen molar-refractivity contribution in [2.75, 3.05) is 19.4 Å². The maximum Gasteiger partial charge on any atom is 0.411 e. The Morgan fingerprint density at radius 2 is 1.94 bits per heavy atom. The van der Waals surface area contributed by atoms with Crippen LogP contribution in [-0.2, 0) is 14.3 Å². The van der Waals surface area contributed by atoms with Gasteiger partial charge in [-0.3, -0.25) is 5.32 Å². The summed E-state index contributed by atoms with van der Waals surface area (Å²) in [5.74, 6) is -0.331. The van der Waals surface area contributed by atoms with Crippen molar-refractivity contribution < 1.29 is 33.0 Å². The van der Waals surface area contributed by atoms with Crippen LogP contribution in [0.1, 0.15) is 18.4 Å². The highest BCUT2D eigenvalue weighted by molar-refractivity contribution is 7.13. The molecular formula is C22H25FN2O5S. The molecule has 0 spiro atoms. The fourth-order valence-corrected chi connectivity index (χ4v) is 5.92. The van der Waals surface area contributed by atoms with Crippen LogP contribution in [0.5, 0.6) is 0 Å². The molecular weight excluding hydrogens is 423 g/mol. The number of carbonyl (C=O) groups is 2. The van der Waals surface area contributed by atoms with E-state index in [2.05, 4.69) is 19.4 Å². The predicted octanol–water partition coefficient (Wildman–Crippen LogP) is 2.53. The molecule has 0 aliphatic carbocycles. The summed E-state index contributed by atoms with van der Waals surface area (Å²) in [4.78, 5) is 21.7. The van der Waals surface area contributed by atoms with Crippen LogP contribution >= 0.6 is 11.3 Å². The van der Waals surface area contributed by atoms with E-state index < -0.39 is 12.6 Å². The van der Waals surface area contributed by atoms with Crippen molar-refractivity contribution in [3.63, 3.8) is 0 Å². The Morgan fingerprint density at radius 1 is 1.29 bits per heavy atom. The number of quaternary nitrogens is 1. The molecule has 1 N–H and O–H groups in total. The van der Waals surface area contributed by atoms with Crippen molar-refractivity contribution in [2.24, 2.45) is 0 Å². The van der Waals surface area contributed by atoms with Crippen molar-refractivity contribution in [3.05, 3.63) is 41.0 Å². The number of rotatable bonds is 3. The van der Waals surface area contributed by atoms with Crippen LogP contribution < -0.4 is 10.4 Å². The van der Waals surface area contributed by atoms with Crippen molar-refractivity contribution in [3.8, 4) is 10.4 Å². The molecule has 5 rings (SSSR count). The Hall–Kier alpha value is -2.49. The lowest BCUT2D eigenvalue weighted by Gasteiger charge is -2.45. The number of nitrogens with one attached hydrogen (secondary N) is 1. The summed E-state index contributed by atoms with van der Waals surface area (Å²) in [7, 11) is 4.49. The number of benzene rings is 1. The van der Waals surface area contributed by atoms with E-state index >= 15 is 0 Å². The average Bonchev–Trinajstić information content (AvgIpc) is 3.34. The summed E-state index contributed by atoms with van der Waals surface area (Å²) < 4.78 is 26.3. The van der Waals surface area contributed by atoms with E-state index in [0.29, 0.717) is 35.5 Å². The zero-order valence-electron chi connectivity index (χ0n) is 17.5. The maximum atomic E-state index is 13.8. The van der Waals surface area contributed by atoms with E-state index in [9.17, 15) is 9.18 Å².